The van der Waals surface area contributed by atoms with Crippen LogP contribution in [-0.2, 0) is 11.3 Å². The Hall–Kier alpha value is -4.96. The molecule has 2 aromatic heterocycles. The Morgan fingerprint density at radius 1 is 0.846 bits per heavy atom. The van der Waals surface area contributed by atoms with Gasteiger partial charge >= 0.3 is 0 Å². The van der Waals surface area contributed by atoms with Crippen molar-refractivity contribution in [1.29, 1.82) is 0 Å². The molecule has 2 N–H and O–H groups in total. The molecular weight excluding hydrogens is 512 g/mol. The molecule has 0 radical (unpaired) electrons. The molecule has 1 aliphatic rings. The van der Waals surface area contributed by atoms with Crippen molar-refractivity contribution in [2.24, 2.45) is 0 Å². The largest absolute Gasteiger partial charge is 0.457 e. The molecule has 3 aromatic carbocycles. The summed E-state index contributed by atoms with van der Waals surface area (Å²) in [5, 5.41) is 5.04. The van der Waals surface area contributed by atoms with Gasteiger partial charge in [0.15, 0.2) is 5.65 Å². The lowest BCUT2D eigenvalue weighted by Gasteiger charge is -2.12. The van der Waals surface area contributed by atoms with Gasteiger partial charge in [-0.15, -0.1) is 0 Å². The van der Waals surface area contributed by atoms with Gasteiger partial charge in [-0.25, -0.2) is 14.6 Å². The Balaban J connectivity index is 1.24. The number of nitrogens with two attached hydrogens (primary N) is 1. The van der Waals surface area contributed by atoms with Crippen LogP contribution in [0.3, 0.4) is 0 Å². The summed E-state index contributed by atoms with van der Waals surface area (Å²) < 4.78 is 7.55. The van der Waals surface area contributed by atoms with Crippen LogP contribution in [0.15, 0.2) is 96.2 Å². The summed E-state index contributed by atoms with van der Waals surface area (Å²) in [6, 6.07) is 26.4. The van der Waals surface area contributed by atoms with Gasteiger partial charge in [0, 0.05) is 12.1 Å². The topological polar surface area (TPSA) is 116 Å². The average Bonchev–Trinajstić information content (AvgIpc) is 3.46. The van der Waals surface area contributed by atoms with Crippen molar-refractivity contribution < 1.29 is 14.3 Å². The molecule has 3 heterocycles. The molecule has 1 aliphatic heterocycles. The number of ether oxygens (including phenoxy) is 1. The van der Waals surface area contributed by atoms with Gasteiger partial charge in [0.05, 0.1) is 16.8 Å². The lowest BCUT2D eigenvalue weighted by molar-refractivity contribution is -0.122. The van der Waals surface area contributed by atoms with Crippen LogP contribution in [-0.4, -0.2) is 42.3 Å². The van der Waals surface area contributed by atoms with Crippen LogP contribution >= 0.6 is 11.8 Å². The highest BCUT2D eigenvalue weighted by atomic mass is 32.2. The molecule has 5 aromatic rings. The van der Waals surface area contributed by atoms with Gasteiger partial charge < -0.3 is 10.5 Å². The van der Waals surface area contributed by atoms with E-state index < -0.39 is 0 Å². The van der Waals surface area contributed by atoms with Crippen LogP contribution in [0.4, 0.5) is 10.6 Å². The molecule has 1 saturated heterocycles. The van der Waals surface area contributed by atoms with Crippen LogP contribution in [0.1, 0.15) is 5.56 Å². The van der Waals surface area contributed by atoms with E-state index in [1.807, 2.05) is 84.9 Å². The zero-order chi connectivity index (χ0) is 26.8. The summed E-state index contributed by atoms with van der Waals surface area (Å²) in [5.74, 6) is 1.39. The number of amides is 2. The second-order valence-corrected chi connectivity index (χ2v) is 9.71. The third-order valence-corrected chi connectivity index (χ3v) is 7.08. The maximum Gasteiger partial charge on any atom is 0.293 e. The number of benzene rings is 3. The molecule has 0 saturated carbocycles. The van der Waals surface area contributed by atoms with E-state index in [0.29, 0.717) is 33.2 Å². The van der Waals surface area contributed by atoms with Crippen molar-refractivity contribution in [2.75, 3.05) is 12.3 Å². The SMILES string of the molecule is Nc1ncnc2c1c(-c1ccc(Oc3ccccc3)cc1)nn2CCN1C(=O)S/C(=C/c2ccccc2)C1=O. The summed E-state index contributed by atoms with van der Waals surface area (Å²) in [6.45, 7) is 0.388. The molecule has 0 bridgehead atoms. The Morgan fingerprint density at radius 3 is 2.28 bits per heavy atom. The van der Waals surface area contributed by atoms with Crippen molar-refractivity contribution >= 4 is 45.8 Å². The molecule has 192 valence electrons. The Kier molecular flexibility index (Phi) is 6.52. The Morgan fingerprint density at radius 2 is 1.54 bits per heavy atom. The van der Waals surface area contributed by atoms with Crippen LogP contribution < -0.4 is 10.5 Å². The molecule has 1 fully saturated rings. The fourth-order valence-electron chi connectivity index (χ4n) is 4.28. The van der Waals surface area contributed by atoms with Gasteiger partial charge in [0.1, 0.15) is 29.3 Å². The van der Waals surface area contributed by atoms with Gasteiger partial charge in [0.2, 0.25) is 0 Å². The first kappa shape index (κ1) is 24.4. The van der Waals surface area contributed by atoms with E-state index in [1.54, 1.807) is 10.8 Å². The van der Waals surface area contributed by atoms with E-state index >= 15 is 0 Å². The average molecular weight is 535 g/mol. The molecular formula is C29H22N6O3S. The number of para-hydroxylation sites is 1. The highest BCUT2D eigenvalue weighted by Gasteiger charge is 2.35. The molecule has 10 heteroatoms. The van der Waals surface area contributed by atoms with Gasteiger partial charge in [-0.1, -0.05) is 48.5 Å². The van der Waals surface area contributed by atoms with Crippen molar-refractivity contribution in [1.82, 2.24) is 24.6 Å². The lowest BCUT2D eigenvalue weighted by Crippen LogP contribution is -2.31. The minimum absolute atomic E-state index is 0.140. The number of hydrogen-bond donors (Lipinski definition) is 1. The maximum atomic E-state index is 13.0. The molecule has 2 amide bonds. The third kappa shape index (κ3) is 4.97. The van der Waals surface area contributed by atoms with Crippen molar-refractivity contribution in [3.05, 3.63) is 102 Å². The van der Waals surface area contributed by atoms with Crippen molar-refractivity contribution in [2.45, 2.75) is 6.54 Å². The number of nitrogen functional groups attached to an aromatic ring is 1. The standard InChI is InChI=1S/C29H22N6O3S/c30-26-24-25(20-11-13-22(14-12-20)38-21-9-5-2-6-10-21)33-35(27(24)32-18-31-26)16-15-34-28(36)23(39-29(34)37)17-19-7-3-1-4-8-19/h1-14,17-18H,15-16H2,(H2,30,31,32)/b23-17+. The van der Waals surface area contributed by atoms with Gasteiger partial charge in [-0.2, -0.15) is 5.10 Å². The quantitative estimate of drug-likeness (QED) is 0.268. The zero-order valence-corrected chi connectivity index (χ0v) is 21.4. The third-order valence-electron chi connectivity index (χ3n) is 6.17. The van der Waals surface area contributed by atoms with Crippen LogP contribution in [0, 0.1) is 0 Å². The first-order chi connectivity index (χ1) is 19.1. The number of rotatable bonds is 7. The number of carbonyl (C=O) groups is 2. The fourth-order valence-corrected chi connectivity index (χ4v) is 5.15. The summed E-state index contributed by atoms with van der Waals surface area (Å²) in [4.78, 5) is 35.8. The highest BCUT2D eigenvalue weighted by Crippen LogP contribution is 2.34. The van der Waals surface area contributed by atoms with E-state index in [1.165, 1.54) is 11.2 Å². The first-order valence-electron chi connectivity index (χ1n) is 12.2. The normalized spacial score (nSPS) is 14.5. The number of hydrogen-bond acceptors (Lipinski definition) is 8. The summed E-state index contributed by atoms with van der Waals surface area (Å²) in [6.07, 6.45) is 3.10. The van der Waals surface area contributed by atoms with Crippen LogP contribution in [0.2, 0.25) is 0 Å². The van der Waals surface area contributed by atoms with Gasteiger partial charge in [-0.3, -0.25) is 14.5 Å². The monoisotopic (exact) mass is 534 g/mol. The molecule has 6 rings (SSSR count). The zero-order valence-electron chi connectivity index (χ0n) is 20.6. The smallest absolute Gasteiger partial charge is 0.293 e. The summed E-state index contributed by atoms with van der Waals surface area (Å²) >= 11 is 0.933. The van der Waals surface area contributed by atoms with Crippen LogP contribution in [0.5, 0.6) is 11.5 Å². The van der Waals surface area contributed by atoms with E-state index in [2.05, 4.69) is 9.97 Å². The minimum Gasteiger partial charge on any atom is -0.457 e. The van der Waals surface area contributed by atoms with E-state index in [0.717, 1.165) is 28.6 Å². The maximum absolute atomic E-state index is 13.0. The highest BCUT2D eigenvalue weighted by molar-refractivity contribution is 8.18. The fraction of sp³-hybridized carbons (Fsp3) is 0.0690. The van der Waals surface area contributed by atoms with Gasteiger partial charge in [-0.05, 0) is 59.8 Å². The predicted octanol–water partition coefficient (Wildman–Crippen LogP) is 5.60. The Labute approximate surface area is 227 Å². The molecule has 39 heavy (non-hydrogen) atoms. The molecule has 9 nitrogen and oxygen atoms in total. The first-order valence-corrected chi connectivity index (χ1v) is 13.0. The van der Waals surface area contributed by atoms with E-state index in [-0.39, 0.29) is 24.2 Å². The number of thioether (sulfide) groups is 1. The number of carbonyl (C=O) groups excluding carboxylic acids is 2. The minimum atomic E-state index is -0.325. The molecule has 0 atom stereocenters. The van der Waals surface area contributed by atoms with E-state index in [9.17, 15) is 9.59 Å². The summed E-state index contributed by atoms with van der Waals surface area (Å²) in [7, 11) is 0. The number of fused-ring (bicyclic) bond motifs is 1. The second kappa shape index (κ2) is 10.4. The second-order valence-electron chi connectivity index (χ2n) is 8.71. The van der Waals surface area contributed by atoms with Crippen LogP contribution in [0.25, 0.3) is 28.4 Å². The van der Waals surface area contributed by atoms with Crippen molar-refractivity contribution in [3.63, 3.8) is 0 Å². The number of aromatic nitrogens is 4. The molecule has 0 aliphatic carbocycles. The molecule has 0 spiro atoms. The van der Waals surface area contributed by atoms with E-state index in [4.69, 9.17) is 15.6 Å². The number of anilines is 1. The summed E-state index contributed by atoms with van der Waals surface area (Å²) in [5.41, 5.74) is 9.02. The lowest BCUT2D eigenvalue weighted by atomic mass is 10.1. The number of nitrogens with zero attached hydrogens (tertiary/aromatic N) is 5. The Bertz CT molecular complexity index is 1700. The van der Waals surface area contributed by atoms with Gasteiger partial charge in [0.25, 0.3) is 11.1 Å². The van der Waals surface area contributed by atoms with Crippen molar-refractivity contribution in [3.8, 4) is 22.8 Å². The predicted molar refractivity (Wildman–Crippen MR) is 151 cm³/mol. The molecule has 0 unspecified atom stereocenters. The number of imide groups is 1.